The predicted octanol–water partition coefficient (Wildman–Crippen LogP) is 5.54. The van der Waals surface area contributed by atoms with Crippen molar-refractivity contribution in [3.8, 4) is 24.0 Å². The first-order chi connectivity index (χ1) is 12.6. The number of benzene rings is 2. The lowest BCUT2D eigenvalue weighted by Gasteiger charge is -2.39. The van der Waals surface area contributed by atoms with Crippen LogP contribution in [-0.4, -0.2) is 0 Å². The van der Waals surface area contributed by atoms with Gasteiger partial charge in [0.15, 0.2) is 0 Å². The minimum atomic E-state index is -0.160. The van der Waals surface area contributed by atoms with E-state index in [1.165, 1.54) is 11.1 Å². The highest BCUT2D eigenvalue weighted by Gasteiger charge is 2.37. The molecule has 4 heteroatoms. The molecule has 26 heavy (non-hydrogen) atoms. The van der Waals surface area contributed by atoms with E-state index >= 15 is 0 Å². The van der Waals surface area contributed by atoms with Crippen LogP contribution in [0.3, 0.4) is 0 Å². The van der Waals surface area contributed by atoms with Crippen LogP contribution in [0, 0.1) is 29.0 Å². The first-order valence-electron chi connectivity index (χ1n) is 8.91. The first-order valence-corrected chi connectivity index (χ1v) is 8.91. The average molecular weight is 348 g/mol. The van der Waals surface area contributed by atoms with Crippen LogP contribution in [0.2, 0.25) is 0 Å². The second-order valence-corrected chi connectivity index (χ2v) is 6.67. The van der Waals surface area contributed by atoms with Crippen LogP contribution in [0.4, 0.5) is 0 Å². The number of nitrogens with zero attached hydrogens (tertiary/aromatic N) is 2. The Hall–Kier alpha value is -2.98. The van der Waals surface area contributed by atoms with E-state index in [4.69, 9.17) is 20.0 Å². The maximum absolute atomic E-state index is 8.69. The van der Waals surface area contributed by atoms with Gasteiger partial charge in [-0.3, -0.25) is 0 Å². The normalized spacial score (nSPS) is 10.8. The Morgan fingerprint density at radius 3 is 1.58 bits per heavy atom. The lowest BCUT2D eigenvalue weighted by Crippen LogP contribution is -2.33. The van der Waals surface area contributed by atoms with Crippen molar-refractivity contribution in [3.05, 3.63) is 59.7 Å². The quantitative estimate of drug-likeness (QED) is 0.588. The highest BCUT2D eigenvalue weighted by molar-refractivity contribution is 5.44. The van der Waals surface area contributed by atoms with E-state index in [2.05, 4.69) is 20.8 Å². The summed E-state index contributed by atoms with van der Waals surface area (Å²) in [7, 11) is 0. The third kappa shape index (κ3) is 3.98. The molecule has 0 aliphatic carbocycles. The molecule has 0 bridgehead atoms. The molecule has 4 nitrogen and oxygen atoms in total. The predicted molar refractivity (Wildman–Crippen MR) is 101 cm³/mol. The van der Waals surface area contributed by atoms with Crippen molar-refractivity contribution < 1.29 is 9.47 Å². The number of unbranched alkanes of at least 4 members (excludes halogenated alkanes) is 1. The molecule has 2 aromatic rings. The molecule has 0 heterocycles. The monoisotopic (exact) mass is 348 g/mol. The largest absolute Gasteiger partial charge is 0.388 e. The number of rotatable bonds is 8. The molecule has 0 spiro atoms. The molecule has 0 radical (unpaired) electrons. The van der Waals surface area contributed by atoms with Crippen LogP contribution in [-0.2, 0) is 5.41 Å². The molecule has 2 aromatic carbocycles. The molecule has 0 aliphatic rings. The van der Waals surface area contributed by atoms with E-state index in [1.54, 1.807) is 12.5 Å². The summed E-state index contributed by atoms with van der Waals surface area (Å²) in [4.78, 5) is 0. The average Bonchev–Trinajstić information content (AvgIpc) is 2.65. The van der Waals surface area contributed by atoms with Crippen molar-refractivity contribution >= 4 is 0 Å². The third-order valence-electron chi connectivity index (χ3n) is 4.98. The summed E-state index contributed by atoms with van der Waals surface area (Å²) < 4.78 is 9.84. The van der Waals surface area contributed by atoms with Gasteiger partial charge in [0.05, 0.1) is 0 Å². The standard InChI is InChI=1S/C22H24N2O2/c1-4-5-14-22(17(2)3,18-6-10-20(11-7-18)25-15-23)19-8-12-21(13-9-19)26-16-24/h6-13,17H,4-5,14H2,1-3H3. The van der Waals surface area contributed by atoms with Crippen LogP contribution >= 0.6 is 0 Å². The Balaban J connectivity index is 2.53. The minimum Gasteiger partial charge on any atom is -0.388 e. The number of nitriles is 2. The van der Waals surface area contributed by atoms with E-state index in [-0.39, 0.29) is 5.41 Å². The summed E-state index contributed by atoms with van der Waals surface area (Å²) in [6.45, 7) is 6.66. The highest BCUT2D eigenvalue weighted by atomic mass is 16.5. The number of hydrogen-bond acceptors (Lipinski definition) is 4. The van der Waals surface area contributed by atoms with Gasteiger partial charge >= 0.3 is 0 Å². The van der Waals surface area contributed by atoms with Crippen LogP contribution in [0.5, 0.6) is 11.5 Å². The summed E-state index contributed by atoms with van der Waals surface area (Å²) >= 11 is 0. The van der Waals surface area contributed by atoms with Crippen molar-refractivity contribution in [3.63, 3.8) is 0 Å². The van der Waals surface area contributed by atoms with E-state index in [1.807, 2.05) is 48.5 Å². The van der Waals surface area contributed by atoms with Gasteiger partial charge in [-0.2, -0.15) is 0 Å². The van der Waals surface area contributed by atoms with Crippen molar-refractivity contribution in [1.82, 2.24) is 0 Å². The van der Waals surface area contributed by atoms with Crippen LogP contribution < -0.4 is 9.47 Å². The van der Waals surface area contributed by atoms with E-state index < -0.39 is 0 Å². The Labute approximate surface area is 155 Å². The van der Waals surface area contributed by atoms with E-state index in [0.29, 0.717) is 17.4 Å². The van der Waals surface area contributed by atoms with Crippen LogP contribution in [0.1, 0.15) is 51.2 Å². The lowest BCUT2D eigenvalue weighted by molar-refractivity contribution is 0.334. The van der Waals surface area contributed by atoms with Crippen LogP contribution in [0.25, 0.3) is 0 Å². The molecular weight excluding hydrogens is 324 g/mol. The van der Waals surface area contributed by atoms with Gasteiger partial charge in [-0.15, -0.1) is 10.5 Å². The first kappa shape index (κ1) is 19.3. The zero-order chi connectivity index (χ0) is 19.0. The molecule has 2 rings (SSSR count). The fourth-order valence-electron chi connectivity index (χ4n) is 3.61. The topological polar surface area (TPSA) is 66.0 Å². The zero-order valence-electron chi connectivity index (χ0n) is 15.5. The molecule has 134 valence electrons. The molecule has 0 saturated carbocycles. The van der Waals surface area contributed by atoms with E-state index in [9.17, 15) is 0 Å². The second kappa shape index (κ2) is 8.92. The molecule has 0 aromatic heterocycles. The Kier molecular flexibility index (Phi) is 6.64. The Morgan fingerprint density at radius 2 is 1.27 bits per heavy atom. The van der Waals surface area contributed by atoms with Gasteiger partial charge < -0.3 is 9.47 Å². The van der Waals surface area contributed by atoms with Crippen LogP contribution in [0.15, 0.2) is 48.5 Å². The minimum absolute atomic E-state index is 0.160. The van der Waals surface area contributed by atoms with Crippen molar-refractivity contribution in [2.75, 3.05) is 0 Å². The van der Waals surface area contributed by atoms with E-state index in [0.717, 1.165) is 19.3 Å². The second-order valence-electron chi connectivity index (χ2n) is 6.67. The molecule has 0 atom stereocenters. The molecule has 0 saturated heterocycles. The van der Waals surface area contributed by atoms with Crippen molar-refractivity contribution in [1.29, 1.82) is 10.5 Å². The van der Waals surface area contributed by atoms with Gasteiger partial charge in [0.1, 0.15) is 11.5 Å². The fraction of sp³-hybridized carbons (Fsp3) is 0.364. The van der Waals surface area contributed by atoms with Gasteiger partial charge in [-0.25, -0.2) is 0 Å². The molecule has 0 amide bonds. The van der Waals surface area contributed by atoms with Gasteiger partial charge in [0, 0.05) is 5.41 Å². The fourth-order valence-corrected chi connectivity index (χ4v) is 3.61. The summed E-state index contributed by atoms with van der Waals surface area (Å²) in [5, 5.41) is 17.4. The van der Waals surface area contributed by atoms with Crippen molar-refractivity contribution in [2.24, 2.45) is 5.92 Å². The maximum Gasteiger partial charge on any atom is 0.292 e. The smallest absolute Gasteiger partial charge is 0.292 e. The molecule has 0 N–H and O–H groups in total. The summed E-state index contributed by atoms with van der Waals surface area (Å²) in [5.41, 5.74) is 2.23. The molecule has 0 unspecified atom stereocenters. The summed E-state index contributed by atoms with van der Waals surface area (Å²) in [6, 6.07) is 15.5. The highest BCUT2D eigenvalue weighted by Crippen LogP contribution is 2.44. The SMILES string of the molecule is CCCCC(c1ccc(OC#N)cc1)(c1ccc(OC#N)cc1)C(C)C. The van der Waals surface area contributed by atoms with Gasteiger partial charge in [0.2, 0.25) is 0 Å². The number of hydrogen-bond donors (Lipinski definition) is 0. The molecule has 0 fully saturated rings. The zero-order valence-corrected chi connectivity index (χ0v) is 15.5. The lowest BCUT2D eigenvalue weighted by atomic mass is 9.64. The molecule has 0 aliphatic heterocycles. The Morgan fingerprint density at radius 1 is 0.846 bits per heavy atom. The summed E-state index contributed by atoms with van der Waals surface area (Å²) in [5.74, 6) is 1.45. The van der Waals surface area contributed by atoms with Crippen molar-refractivity contribution in [2.45, 2.75) is 45.4 Å². The van der Waals surface area contributed by atoms with Gasteiger partial charge in [-0.1, -0.05) is 57.9 Å². The van der Waals surface area contributed by atoms with Gasteiger partial charge in [0.25, 0.3) is 12.5 Å². The Bertz CT molecular complexity index is 721. The molecular formula is C22H24N2O2. The number of ether oxygens (including phenoxy) is 2. The summed E-state index contributed by atoms with van der Waals surface area (Å²) in [6.07, 6.45) is 6.64. The van der Waals surface area contributed by atoms with Gasteiger partial charge in [-0.05, 0) is 47.7 Å². The maximum atomic E-state index is 8.69. The third-order valence-corrected chi connectivity index (χ3v) is 4.98.